The minimum atomic E-state index is -0.427. The Balaban J connectivity index is 1.20. The molecule has 1 amide bonds. The number of rotatable bonds is 15. The van der Waals surface area contributed by atoms with Gasteiger partial charge in [0.25, 0.3) is 0 Å². The summed E-state index contributed by atoms with van der Waals surface area (Å²) in [7, 11) is 3.09. The molecule has 250 valence electrons. The number of hydrogen-bond acceptors (Lipinski definition) is 6. The van der Waals surface area contributed by atoms with E-state index in [-0.39, 0.29) is 5.91 Å². The molecule has 7 heteroatoms. The Hall–Kier alpha value is -5.40. The Morgan fingerprint density at radius 1 is 0.694 bits per heavy atom. The van der Waals surface area contributed by atoms with E-state index in [9.17, 15) is 4.79 Å². The van der Waals surface area contributed by atoms with Crippen LogP contribution in [0.1, 0.15) is 47.6 Å². The van der Waals surface area contributed by atoms with Crippen LogP contribution >= 0.6 is 0 Å². The van der Waals surface area contributed by atoms with E-state index in [2.05, 4.69) is 67.6 Å². The Morgan fingerprint density at radius 2 is 1.27 bits per heavy atom. The summed E-state index contributed by atoms with van der Waals surface area (Å²) in [5.41, 5.74) is 7.10. The van der Waals surface area contributed by atoms with Crippen LogP contribution < -0.4 is 14.2 Å². The Kier molecular flexibility index (Phi) is 10.7. The SMILES string of the molecule is CON(C)C(=O)CCCOc1ccc(CC2(C)C(c3ccc(OCc4ccccc4)cc3)=Nc3ccc(OCc4ccccc4)cc32)cc1. The molecule has 5 aromatic rings. The highest BCUT2D eigenvalue weighted by Gasteiger charge is 2.40. The van der Waals surface area contributed by atoms with E-state index in [1.54, 1.807) is 7.05 Å². The molecule has 0 saturated carbocycles. The zero-order valence-electron chi connectivity index (χ0n) is 28.3. The molecular formula is C42H42N2O5. The highest BCUT2D eigenvalue weighted by molar-refractivity contribution is 6.12. The van der Waals surface area contributed by atoms with Gasteiger partial charge in [-0.05, 0) is 102 Å². The number of fused-ring (bicyclic) bond motifs is 1. The fourth-order valence-electron chi connectivity index (χ4n) is 6.05. The van der Waals surface area contributed by atoms with Crippen molar-refractivity contribution in [2.45, 2.75) is 44.8 Å². The van der Waals surface area contributed by atoms with Crippen molar-refractivity contribution >= 4 is 17.3 Å². The molecule has 1 unspecified atom stereocenters. The van der Waals surface area contributed by atoms with Crippen molar-refractivity contribution in [3.05, 3.63) is 155 Å². The standard InChI is InChI=1S/C42H42N2O5/c1-42(28-31-16-20-35(21-17-31)47-26-10-15-40(45)44(2)46-3)38-27-37(49-30-33-13-8-5-9-14-33)24-25-39(38)43-41(42)34-18-22-36(23-19-34)48-29-32-11-6-4-7-12-32/h4-9,11-14,16-25,27H,10,15,26,28-30H2,1-3H3. The number of aliphatic imine (C=N–C) groups is 1. The largest absolute Gasteiger partial charge is 0.494 e. The van der Waals surface area contributed by atoms with Crippen molar-refractivity contribution in [2.24, 2.45) is 4.99 Å². The minimum Gasteiger partial charge on any atom is -0.494 e. The van der Waals surface area contributed by atoms with E-state index >= 15 is 0 Å². The fourth-order valence-corrected chi connectivity index (χ4v) is 6.05. The van der Waals surface area contributed by atoms with Gasteiger partial charge >= 0.3 is 0 Å². The number of hydroxylamine groups is 2. The molecule has 0 radical (unpaired) electrons. The van der Waals surface area contributed by atoms with Gasteiger partial charge in [-0.15, -0.1) is 0 Å². The molecular weight excluding hydrogens is 612 g/mol. The number of nitrogens with zero attached hydrogens (tertiary/aromatic N) is 2. The Bertz CT molecular complexity index is 1860. The minimum absolute atomic E-state index is 0.0769. The van der Waals surface area contributed by atoms with Gasteiger partial charge in [-0.2, -0.15) is 0 Å². The molecule has 0 spiro atoms. The molecule has 0 aromatic heterocycles. The number of amides is 1. The molecule has 6 rings (SSSR count). The van der Waals surface area contributed by atoms with Crippen molar-refractivity contribution < 1.29 is 23.8 Å². The highest BCUT2D eigenvalue weighted by atomic mass is 16.7. The zero-order chi connectivity index (χ0) is 34.1. The van der Waals surface area contributed by atoms with E-state index in [0.717, 1.165) is 62.9 Å². The number of ether oxygens (including phenoxy) is 3. The summed E-state index contributed by atoms with van der Waals surface area (Å²) in [6.45, 7) is 3.71. The lowest BCUT2D eigenvalue weighted by atomic mass is 9.73. The fraction of sp³-hybridized carbons (Fsp3) is 0.238. The van der Waals surface area contributed by atoms with Crippen LogP contribution in [-0.4, -0.2) is 37.4 Å². The second kappa shape index (κ2) is 15.7. The van der Waals surface area contributed by atoms with Crippen LogP contribution in [0, 0.1) is 0 Å². The van der Waals surface area contributed by atoms with Gasteiger partial charge in [0.1, 0.15) is 30.5 Å². The summed E-state index contributed by atoms with van der Waals surface area (Å²) < 4.78 is 18.3. The Labute approximate surface area is 288 Å². The predicted octanol–water partition coefficient (Wildman–Crippen LogP) is 8.66. The van der Waals surface area contributed by atoms with E-state index in [4.69, 9.17) is 24.0 Å². The number of carbonyl (C=O) groups excluding carboxylic acids is 1. The van der Waals surface area contributed by atoms with Gasteiger partial charge in [0.2, 0.25) is 5.91 Å². The van der Waals surface area contributed by atoms with E-state index in [0.29, 0.717) is 32.7 Å². The van der Waals surface area contributed by atoms with Crippen molar-refractivity contribution in [3.8, 4) is 17.2 Å². The molecule has 49 heavy (non-hydrogen) atoms. The molecule has 0 fully saturated rings. The summed E-state index contributed by atoms with van der Waals surface area (Å²) in [4.78, 5) is 22.1. The smallest absolute Gasteiger partial charge is 0.245 e. The normalized spacial score (nSPS) is 14.9. The molecule has 0 N–H and O–H groups in total. The quantitative estimate of drug-likeness (QED) is 0.0835. The molecule has 5 aromatic carbocycles. The lowest BCUT2D eigenvalue weighted by Crippen LogP contribution is -2.33. The molecule has 0 aliphatic carbocycles. The van der Waals surface area contributed by atoms with Gasteiger partial charge in [-0.3, -0.25) is 14.6 Å². The van der Waals surface area contributed by atoms with Crippen LogP contribution in [0.15, 0.2) is 132 Å². The maximum absolute atomic E-state index is 12.0. The zero-order valence-corrected chi connectivity index (χ0v) is 28.3. The van der Waals surface area contributed by atoms with Gasteiger partial charge in [0.15, 0.2) is 0 Å². The summed E-state index contributed by atoms with van der Waals surface area (Å²) in [6, 6.07) is 43.0. The summed E-state index contributed by atoms with van der Waals surface area (Å²) >= 11 is 0. The van der Waals surface area contributed by atoms with Gasteiger partial charge < -0.3 is 14.2 Å². The van der Waals surface area contributed by atoms with E-state index in [1.807, 2.05) is 66.7 Å². The summed E-state index contributed by atoms with van der Waals surface area (Å²) in [5, 5.41) is 1.24. The third-order valence-corrected chi connectivity index (χ3v) is 8.85. The summed E-state index contributed by atoms with van der Waals surface area (Å²) in [5.74, 6) is 2.32. The molecule has 1 atom stereocenters. The van der Waals surface area contributed by atoms with Gasteiger partial charge in [-0.25, -0.2) is 5.06 Å². The monoisotopic (exact) mass is 654 g/mol. The molecule has 1 heterocycles. The topological polar surface area (TPSA) is 69.6 Å². The second-order valence-electron chi connectivity index (χ2n) is 12.4. The number of benzene rings is 5. The third-order valence-electron chi connectivity index (χ3n) is 8.85. The highest BCUT2D eigenvalue weighted by Crippen LogP contribution is 2.46. The van der Waals surface area contributed by atoms with E-state index in [1.165, 1.54) is 12.2 Å². The maximum atomic E-state index is 12.0. The predicted molar refractivity (Wildman–Crippen MR) is 193 cm³/mol. The van der Waals surface area contributed by atoms with Gasteiger partial charge in [0, 0.05) is 18.9 Å². The van der Waals surface area contributed by atoms with Crippen LogP contribution in [0.4, 0.5) is 5.69 Å². The van der Waals surface area contributed by atoms with Crippen LogP contribution in [0.2, 0.25) is 0 Å². The molecule has 7 nitrogen and oxygen atoms in total. The second-order valence-corrected chi connectivity index (χ2v) is 12.4. The first-order chi connectivity index (χ1) is 23.9. The lowest BCUT2D eigenvalue weighted by molar-refractivity contribution is -0.168. The van der Waals surface area contributed by atoms with Crippen LogP contribution in [0.5, 0.6) is 17.2 Å². The summed E-state index contributed by atoms with van der Waals surface area (Å²) in [6.07, 6.45) is 1.69. The average Bonchev–Trinajstić information content (AvgIpc) is 3.43. The van der Waals surface area contributed by atoms with Crippen LogP contribution in [0.25, 0.3) is 0 Å². The first kappa shape index (κ1) is 33.5. The van der Waals surface area contributed by atoms with Gasteiger partial charge in [0.05, 0.1) is 25.1 Å². The number of hydrogen-bond donors (Lipinski definition) is 0. The van der Waals surface area contributed by atoms with Crippen molar-refractivity contribution in [2.75, 3.05) is 20.8 Å². The third kappa shape index (κ3) is 8.37. The first-order valence-corrected chi connectivity index (χ1v) is 16.6. The first-order valence-electron chi connectivity index (χ1n) is 16.6. The lowest BCUT2D eigenvalue weighted by Gasteiger charge is -2.29. The number of carbonyl (C=O) groups is 1. The average molecular weight is 655 g/mol. The van der Waals surface area contributed by atoms with Crippen LogP contribution in [-0.2, 0) is 34.7 Å². The molecule has 1 aliphatic heterocycles. The molecule has 1 aliphatic rings. The van der Waals surface area contributed by atoms with E-state index < -0.39 is 5.41 Å². The molecule has 0 bridgehead atoms. The van der Waals surface area contributed by atoms with Crippen molar-refractivity contribution in [1.82, 2.24) is 5.06 Å². The molecule has 0 saturated heterocycles. The van der Waals surface area contributed by atoms with Crippen molar-refractivity contribution in [1.29, 1.82) is 0 Å². The maximum Gasteiger partial charge on any atom is 0.245 e. The van der Waals surface area contributed by atoms with Crippen molar-refractivity contribution in [3.63, 3.8) is 0 Å². The van der Waals surface area contributed by atoms with Gasteiger partial charge in [-0.1, -0.05) is 72.8 Å². The van der Waals surface area contributed by atoms with Crippen LogP contribution in [0.3, 0.4) is 0 Å². The Morgan fingerprint density at radius 3 is 1.90 bits per heavy atom.